The minimum atomic E-state index is -4.82. The highest BCUT2D eigenvalue weighted by Crippen LogP contribution is 2.32. The van der Waals surface area contributed by atoms with Gasteiger partial charge in [0.15, 0.2) is 11.5 Å². The Morgan fingerprint density at radius 2 is 1.73 bits per heavy atom. The molecule has 0 amide bonds. The number of benzene rings is 1. The van der Waals surface area contributed by atoms with Gasteiger partial charge in [-0.15, -0.1) is 0 Å². The number of hydrogen-bond acceptors (Lipinski definition) is 7. The molecular formula is C26H32F3N3O4S. The van der Waals surface area contributed by atoms with Gasteiger partial charge in [0.2, 0.25) is 15.0 Å². The number of sulfone groups is 1. The Morgan fingerprint density at radius 1 is 1.00 bits per heavy atom. The number of unbranched alkanes of at least 4 members (excludes halogenated alkanes) is 4. The van der Waals surface area contributed by atoms with E-state index in [9.17, 15) is 21.6 Å². The van der Waals surface area contributed by atoms with Crippen molar-refractivity contribution in [1.29, 1.82) is 0 Å². The number of nitrogens with zero attached hydrogens (tertiary/aromatic N) is 3. The monoisotopic (exact) mass is 539 g/mol. The molecule has 0 spiro atoms. The fourth-order valence-electron chi connectivity index (χ4n) is 3.93. The van der Waals surface area contributed by atoms with Crippen molar-refractivity contribution in [1.82, 2.24) is 14.9 Å². The molecule has 1 aromatic heterocycles. The summed E-state index contributed by atoms with van der Waals surface area (Å²) in [5.41, 5.74) is -0.124. The molecule has 0 bridgehead atoms. The van der Waals surface area contributed by atoms with Crippen LogP contribution in [0.4, 0.5) is 13.2 Å². The molecule has 7 nitrogen and oxygen atoms in total. The molecule has 0 fully saturated rings. The Morgan fingerprint density at radius 3 is 2.41 bits per heavy atom. The molecule has 0 N–H and O–H groups in total. The predicted octanol–water partition coefficient (Wildman–Crippen LogP) is 5.67. The first kappa shape index (κ1) is 28.5. The van der Waals surface area contributed by atoms with Gasteiger partial charge in [-0.1, -0.05) is 50.8 Å². The molecule has 1 aliphatic heterocycles. The first-order valence-corrected chi connectivity index (χ1v) is 13.8. The highest BCUT2D eigenvalue weighted by molar-refractivity contribution is 7.91. The topological polar surface area (TPSA) is 81.6 Å². The van der Waals surface area contributed by atoms with Gasteiger partial charge in [-0.05, 0) is 30.2 Å². The number of alkyl halides is 3. The van der Waals surface area contributed by atoms with E-state index in [-0.39, 0.29) is 11.4 Å². The number of methoxy groups -OCH3 is 2. The van der Waals surface area contributed by atoms with Crippen LogP contribution < -0.4 is 9.47 Å². The van der Waals surface area contributed by atoms with Crippen LogP contribution in [0.5, 0.6) is 11.5 Å². The minimum absolute atomic E-state index is 0.0971. The normalized spacial score (nSPS) is 14.0. The molecule has 2 heterocycles. The largest absolute Gasteiger partial charge is 0.493 e. The Hall–Kier alpha value is -3.08. The number of rotatable bonds is 12. The number of allylic oxidation sites excluding steroid dienone is 2. The van der Waals surface area contributed by atoms with E-state index in [2.05, 4.69) is 9.97 Å². The summed E-state index contributed by atoms with van der Waals surface area (Å²) in [6.07, 6.45) is 4.14. The zero-order valence-corrected chi connectivity index (χ0v) is 22.0. The minimum Gasteiger partial charge on any atom is -0.493 e. The van der Waals surface area contributed by atoms with Crippen molar-refractivity contribution in [2.45, 2.75) is 56.9 Å². The quantitative estimate of drug-likeness (QED) is 0.254. The second-order valence-electron chi connectivity index (χ2n) is 8.76. The summed E-state index contributed by atoms with van der Waals surface area (Å²) in [6.45, 7) is 2.99. The smallest absolute Gasteiger partial charge is 0.433 e. The third-order valence-electron chi connectivity index (χ3n) is 5.88. The first-order valence-electron chi connectivity index (χ1n) is 12.1. The molecule has 11 heteroatoms. The Bertz CT molecular complexity index is 1240. The van der Waals surface area contributed by atoms with Crippen LogP contribution in [0, 0.1) is 0 Å². The molecule has 0 radical (unpaired) electrons. The van der Waals surface area contributed by atoms with E-state index < -0.39 is 26.9 Å². The van der Waals surface area contributed by atoms with Crippen molar-refractivity contribution in [2.75, 3.05) is 26.5 Å². The summed E-state index contributed by atoms with van der Waals surface area (Å²) >= 11 is 0. The molecule has 0 unspecified atom stereocenters. The molecule has 0 atom stereocenters. The molecule has 0 aliphatic carbocycles. The average Bonchev–Trinajstić information content (AvgIpc) is 2.88. The average molecular weight is 540 g/mol. The van der Waals surface area contributed by atoms with Crippen LogP contribution in [0.3, 0.4) is 0 Å². The van der Waals surface area contributed by atoms with Crippen LogP contribution in [0.1, 0.15) is 56.0 Å². The van der Waals surface area contributed by atoms with Gasteiger partial charge < -0.3 is 14.4 Å². The fourth-order valence-corrected chi connectivity index (χ4v) is 5.17. The maximum absolute atomic E-state index is 13.6. The van der Waals surface area contributed by atoms with E-state index in [1.807, 2.05) is 24.0 Å². The Balaban J connectivity index is 1.89. The van der Waals surface area contributed by atoms with E-state index in [4.69, 9.17) is 9.47 Å². The predicted molar refractivity (Wildman–Crippen MR) is 135 cm³/mol. The SMILES string of the molecule is CCCCCCCS(=O)(=O)c1nc(C2=CN(Cc3ccc(OC)c(OC)c3)CC=C2)cc(C(F)(F)F)n1. The van der Waals surface area contributed by atoms with Crippen molar-refractivity contribution >= 4 is 15.4 Å². The number of aromatic nitrogens is 2. The van der Waals surface area contributed by atoms with Gasteiger partial charge in [0.25, 0.3) is 0 Å². The zero-order chi connectivity index (χ0) is 27.1. The lowest BCUT2D eigenvalue weighted by molar-refractivity contribution is -0.141. The number of halogens is 3. The van der Waals surface area contributed by atoms with Crippen molar-refractivity contribution in [3.8, 4) is 11.5 Å². The summed E-state index contributed by atoms with van der Waals surface area (Å²) < 4.78 is 77.2. The second-order valence-corrected chi connectivity index (χ2v) is 10.8. The lowest BCUT2D eigenvalue weighted by Gasteiger charge is -2.24. The molecule has 2 aromatic rings. The van der Waals surface area contributed by atoms with Crippen LogP contribution >= 0.6 is 0 Å². The van der Waals surface area contributed by atoms with Gasteiger partial charge in [-0.3, -0.25) is 0 Å². The molecule has 3 rings (SSSR count). The maximum atomic E-state index is 13.6. The highest BCUT2D eigenvalue weighted by Gasteiger charge is 2.35. The van der Waals surface area contributed by atoms with Crippen LogP contribution in [-0.4, -0.2) is 49.8 Å². The lowest BCUT2D eigenvalue weighted by Crippen LogP contribution is -2.21. The summed E-state index contributed by atoms with van der Waals surface area (Å²) in [5.74, 6) is 0.852. The van der Waals surface area contributed by atoms with Crippen LogP contribution in [0.2, 0.25) is 0 Å². The zero-order valence-electron chi connectivity index (χ0n) is 21.2. The third-order valence-corrected chi connectivity index (χ3v) is 7.44. The second kappa shape index (κ2) is 12.4. The summed E-state index contributed by atoms with van der Waals surface area (Å²) in [5, 5.41) is -0.792. The molecule has 1 aromatic carbocycles. The van der Waals surface area contributed by atoms with E-state index in [1.54, 1.807) is 31.5 Å². The standard InChI is InChI=1S/C26H32F3N3O4S/c1-4-5-6-7-8-14-37(33,34)25-30-21(16-24(31-25)26(27,28)29)20-10-9-13-32(18-20)17-19-11-12-22(35-2)23(15-19)36-3/h9-12,15-16,18H,4-8,13-14,17H2,1-3H3. The molecule has 37 heavy (non-hydrogen) atoms. The fraction of sp³-hybridized carbons (Fsp3) is 0.462. The Kier molecular flexibility index (Phi) is 9.58. The van der Waals surface area contributed by atoms with E-state index in [0.29, 0.717) is 43.0 Å². The van der Waals surface area contributed by atoms with Crippen LogP contribution in [-0.2, 0) is 22.6 Å². The van der Waals surface area contributed by atoms with Gasteiger partial charge >= 0.3 is 6.18 Å². The van der Waals surface area contributed by atoms with Gasteiger partial charge in [0, 0.05) is 24.9 Å². The summed E-state index contributed by atoms with van der Waals surface area (Å²) in [4.78, 5) is 9.34. The molecule has 0 saturated carbocycles. The van der Waals surface area contributed by atoms with Gasteiger partial charge in [-0.2, -0.15) is 13.2 Å². The van der Waals surface area contributed by atoms with E-state index in [0.717, 1.165) is 30.9 Å². The third kappa shape index (κ3) is 7.70. The lowest BCUT2D eigenvalue weighted by atomic mass is 10.1. The van der Waals surface area contributed by atoms with Gasteiger partial charge in [0.1, 0.15) is 5.69 Å². The van der Waals surface area contributed by atoms with Gasteiger partial charge in [-0.25, -0.2) is 18.4 Å². The molecular weight excluding hydrogens is 507 g/mol. The van der Waals surface area contributed by atoms with Crippen LogP contribution in [0.15, 0.2) is 47.8 Å². The van der Waals surface area contributed by atoms with E-state index in [1.165, 1.54) is 7.11 Å². The molecule has 202 valence electrons. The maximum Gasteiger partial charge on any atom is 0.433 e. The van der Waals surface area contributed by atoms with E-state index >= 15 is 0 Å². The highest BCUT2D eigenvalue weighted by atomic mass is 32.2. The first-order chi connectivity index (χ1) is 17.6. The van der Waals surface area contributed by atoms with Crippen molar-refractivity contribution in [3.63, 3.8) is 0 Å². The van der Waals surface area contributed by atoms with Crippen molar-refractivity contribution in [2.24, 2.45) is 0 Å². The summed E-state index contributed by atoms with van der Waals surface area (Å²) in [7, 11) is -1.00. The van der Waals surface area contributed by atoms with Crippen molar-refractivity contribution in [3.05, 3.63) is 59.6 Å². The van der Waals surface area contributed by atoms with Crippen molar-refractivity contribution < 1.29 is 31.1 Å². The van der Waals surface area contributed by atoms with Crippen LogP contribution in [0.25, 0.3) is 5.57 Å². The Labute approximate surface area is 215 Å². The number of ether oxygens (including phenoxy) is 2. The summed E-state index contributed by atoms with van der Waals surface area (Å²) in [6, 6.07) is 6.25. The molecule has 1 aliphatic rings. The number of hydrogen-bond donors (Lipinski definition) is 0. The van der Waals surface area contributed by atoms with Gasteiger partial charge in [0.05, 0.1) is 25.7 Å². The molecule has 0 saturated heterocycles.